The van der Waals surface area contributed by atoms with Gasteiger partial charge in [0.05, 0.1) is 25.8 Å². The Kier molecular flexibility index (Phi) is 8.20. The molecule has 2 heterocycles. The van der Waals surface area contributed by atoms with Gasteiger partial charge in [-0.3, -0.25) is 9.78 Å². The van der Waals surface area contributed by atoms with Gasteiger partial charge in [0.25, 0.3) is 0 Å². The number of rotatable bonds is 10. The van der Waals surface area contributed by atoms with Gasteiger partial charge in [-0.2, -0.15) is 5.10 Å². The van der Waals surface area contributed by atoms with Gasteiger partial charge in [0, 0.05) is 36.8 Å². The van der Waals surface area contributed by atoms with E-state index in [0.717, 1.165) is 41.8 Å². The fourth-order valence-corrected chi connectivity index (χ4v) is 5.04. The highest BCUT2D eigenvalue weighted by molar-refractivity contribution is 5.68. The van der Waals surface area contributed by atoms with Gasteiger partial charge in [-0.1, -0.05) is 39.0 Å². The Morgan fingerprint density at radius 1 is 1.11 bits per heavy atom. The molecule has 0 fully saturated rings. The highest BCUT2D eigenvalue weighted by atomic mass is 16.5. The number of aliphatic carboxylic acids is 1. The van der Waals surface area contributed by atoms with Crippen LogP contribution < -0.4 is 9.47 Å². The van der Waals surface area contributed by atoms with Crippen LogP contribution in [0.15, 0.2) is 36.4 Å². The van der Waals surface area contributed by atoms with E-state index in [2.05, 4.69) is 44.1 Å². The summed E-state index contributed by atoms with van der Waals surface area (Å²) in [6.07, 6.45) is 5.86. The fraction of sp³-hybridized carbons (Fsp3) is 0.500. The molecule has 0 radical (unpaired) electrons. The SMILES string of the molecule is COc1cc(C(C)(C)C)ccc1C(CC(=O)O)Cc1cc(OCCc2ccc3c(n2)CCCC3)n(C)n1. The van der Waals surface area contributed by atoms with Gasteiger partial charge in [0.2, 0.25) is 5.88 Å². The average Bonchev–Trinajstić information content (AvgIpc) is 3.20. The molecule has 7 heteroatoms. The summed E-state index contributed by atoms with van der Waals surface area (Å²) in [6, 6.07) is 12.3. The lowest BCUT2D eigenvalue weighted by atomic mass is 9.83. The second kappa shape index (κ2) is 11.4. The van der Waals surface area contributed by atoms with Gasteiger partial charge in [-0.15, -0.1) is 0 Å². The lowest BCUT2D eigenvalue weighted by molar-refractivity contribution is -0.137. The first-order valence-electron chi connectivity index (χ1n) is 13.2. The van der Waals surface area contributed by atoms with E-state index in [1.54, 1.807) is 11.8 Å². The number of aryl methyl sites for hydroxylation is 3. The molecule has 1 aromatic carbocycles. The maximum Gasteiger partial charge on any atom is 0.303 e. The van der Waals surface area contributed by atoms with Crippen LogP contribution >= 0.6 is 0 Å². The van der Waals surface area contributed by atoms with Gasteiger partial charge in [-0.05, 0) is 66.3 Å². The number of ether oxygens (including phenoxy) is 2. The Morgan fingerprint density at radius 2 is 1.89 bits per heavy atom. The molecule has 1 atom stereocenters. The first-order chi connectivity index (χ1) is 17.6. The summed E-state index contributed by atoms with van der Waals surface area (Å²) in [5.41, 5.74) is 6.45. The van der Waals surface area contributed by atoms with Crippen molar-refractivity contribution in [2.45, 2.75) is 77.0 Å². The number of hydrogen-bond donors (Lipinski definition) is 1. The van der Waals surface area contributed by atoms with Crippen molar-refractivity contribution in [1.82, 2.24) is 14.8 Å². The lowest BCUT2D eigenvalue weighted by Crippen LogP contribution is -2.14. The van der Waals surface area contributed by atoms with Crippen LogP contribution in [0.5, 0.6) is 11.6 Å². The molecule has 37 heavy (non-hydrogen) atoms. The molecule has 7 nitrogen and oxygen atoms in total. The topological polar surface area (TPSA) is 86.5 Å². The largest absolute Gasteiger partial charge is 0.496 e. The van der Waals surface area contributed by atoms with Crippen LogP contribution in [0.3, 0.4) is 0 Å². The Hall–Kier alpha value is -3.35. The van der Waals surface area contributed by atoms with Crippen molar-refractivity contribution >= 4 is 5.97 Å². The Bertz CT molecular complexity index is 1240. The molecular weight excluding hydrogens is 466 g/mol. The number of aromatic nitrogens is 3. The zero-order valence-electron chi connectivity index (χ0n) is 22.7. The van der Waals surface area contributed by atoms with Crippen LogP contribution in [0, 0.1) is 0 Å². The van der Waals surface area contributed by atoms with Gasteiger partial charge >= 0.3 is 5.97 Å². The van der Waals surface area contributed by atoms with E-state index in [0.29, 0.717) is 24.7 Å². The first-order valence-corrected chi connectivity index (χ1v) is 13.2. The summed E-state index contributed by atoms with van der Waals surface area (Å²) in [7, 11) is 3.48. The zero-order chi connectivity index (χ0) is 26.6. The van der Waals surface area contributed by atoms with Gasteiger partial charge in [0.1, 0.15) is 5.75 Å². The van der Waals surface area contributed by atoms with Crippen molar-refractivity contribution in [3.05, 3.63) is 70.2 Å². The molecule has 1 aliphatic rings. The van der Waals surface area contributed by atoms with E-state index in [9.17, 15) is 9.90 Å². The van der Waals surface area contributed by atoms with Gasteiger partial charge in [-0.25, -0.2) is 4.68 Å². The molecule has 0 aliphatic heterocycles. The molecule has 4 rings (SSSR count). The van der Waals surface area contributed by atoms with Gasteiger partial charge in [0.15, 0.2) is 0 Å². The first kappa shape index (κ1) is 26.7. The van der Waals surface area contributed by atoms with E-state index in [1.807, 2.05) is 25.2 Å². The zero-order valence-corrected chi connectivity index (χ0v) is 22.7. The quantitative estimate of drug-likeness (QED) is 0.396. The summed E-state index contributed by atoms with van der Waals surface area (Å²) in [5.74, 6) is 0.251. The Morgan fingerprint density at radius 3 is 2.62 bits per heavy atom. The highest BCUT2D eigenvalue weighted by Crippen LogP contribution is 2.36. The normalized spacial score (nSPS) is 14.2. The molecular formula is C30H39N3O4. The maximum atomic E-state index is 11.7. The monoisotopic (exact) mass is 505 g/mol. The van der Waals surface area contributed by atoms with E-state index >= 15 is 0 Å². The molecule has 0 saturated carbocycles. The average molecular weight is 506 g/mol. The van der Waals surface area contributed by atoms with E-state index in [1.165, 1.54) is 24.1 Å². The minimum absolute atomic E-state index is 0.0119. The lowest BCUT2D eigenvalue weighted by Gasteiger charge is -2.23. The number of carbonyl (C=O) groups is 1. The van der Waals surface area contributed by atoms with Crippen LogP contribution in [0.25, 0.3) is 0 Å². The summed E-state index contributed by atoms with van der Waals surface area (Å²) in [4.78, 5) is 16.6. The van der Waals surface area contributed by atoms with E-state index in [4.69, 9.17) is 14.5 Å². The second-order valence-electron chi connectivity index (χ2n) is 11.0. The van der Waals surface area contributed by atoms with Crippen LogP contribution in [0.1, 0.15) is 79.7 Å². The number of pyridine rings is 1. The molecule has 3 aromatic rings. The summed E-state index contributed by atoms with van der Waals surface area (Å²) >= 11 is 0. The predicted molar refractivity (Wildman–Crippen MR) is 144 cm³/mol. The van der Waals surface area contributed by atoms with Crippen molar-refractivity contribution in [2.75, 3.05) is 13.7 Å². The smallest absolute Gasteiger partial charge is 0.303 e. The van der Waals surface area contributed by atoms with Crippen molar-refractivity contribution < 1.29 is 19.4 Å². The molecule has 0 spiro atoms. The molecule has 0 saturated heterocycles. The fourth-order valence-electron chi connectivity index (χ4n) is 5.04. The Labute approximate surface area is 219 Å². The molecule has 1 aliphatic carbocycles. The van der Waals surface area contributed by atoms with E-state index < -0.39 is 5.97 Å². The molecule has 2 aromatic heterocycles. The van der Waals surface area contributed by atoms with Crippen LogP contribution in [0.2, 0.25) is 0 Å². The van der Waals surface area contributed by atoms with Crippen molar-refractivity contribution in [1.29, 1.82) is 0 Å². The summed E-state index contributed by atoms with van der Waals surface area (Å²) in [6.45, 7) is 6.94. The summed E-state index contributed by atoms with van der Waals surface area (Å²) < 4.78 is 13.5. The third kappa shape index (κ3) is 6.70. The second-order valence-corrected chi connectivity index (χ2v) is 11.0. The number of carboxylic acids is 1. The third-order valence-electron chi connectivity index (χ3n) is 7.15. The van der Waals surface area contributed by atoms with Crippen molar-refractivity contribution in [3.8, 4) is 11.6 Å². The number of hydrogen-bond acceptors (Lipinski definition) is 5. The van der Waals surface area contributed by atoms with Crippen LogP contribution in [0.4, 0.5) is 0 Å². The third-order valence-corrected chi connectivity index (χ3v) is 7.15. The van der Waals surface area contributed by atoms with Crippen molar-refractivity contribution in [2.24, 2.45) is 7.05 Å². The highest BCUT2D eigenvalue weighted by Gasteiger charge is 2.24. The Balaban J connectivity index is 1.45. The number of fused-ring (bicyclic) bond motifs is 1. The molecule has 1 unspecified atom stereocenters. The standard InChI is InChI=1S/C30H39N3O4/c1-30(2,3)22-11-13-25(27(18-22)36-5)21(17-29(34)35)16-24-19-28(33(4)32-24)37-15-14-23-12-10-20-8-6-7-9-26(20)31-23/h10-13,18-19,21H,6-9,14-17H2,1-5H3,(H,34,35). The van der Waals surface area contributed by atoms with Crippen LogP contribution in [-0.4, -0.2) is 39.6 Å². The maximum absolute atomic E-state index is 11.7. The van der Waals surface area contributed by atoms with Crippen LogP contribution in [-0.2, 0) is 42.9 Å². The van der Waals surface area contributed by atoms with Crippen molar-refractivity contribution in [3.63, 3.8) is 0 Å². The minimum atomic E-state index is -0.850. The molecule has 198 valence electrons. The number of methoxy groups -OCH3 is 1. The molecule has 0 amide bonds. The molecule has 0 bridgehead atoms. The number of benzene rings is 1. The predicted octanol–water partition coefficient (Wildman–Crippen LogP) is 5.42. The number of nitrogens with zero attached hydrogens (tertiary/aromatic N) is 3. The molecule has 1 N–H and O–H groups in total. The minimum Gasteiger partial charge on any atom is -0.496 e. The van der Waals surface area contributed by atoms with E-state index in [-0.39, 0.29) is 17.8 Å². The number of carboxylic acid groups (broad SMARTS) is 1. The van der Waals surface area contributed by atoms with Gasteiger partial charge < -0.3 is 14.6 Å². The summed E-state index contributed by atoms with van der Waals surface area (Å²) in [5, 5.41) is 14.3.